The molecule has 130 valence electrons. The van der Waals surface area contributed by atoms with Crippen LogP contribution in [0.2, 0.25) is 10.0 Å². The summed E-state index contributed by atoms with van der Waals surface area (Å²) >= 11 is 12.0. The molecule has 0 aliphatic carbocycles. The van der Waals surface area contributed by atoms with E-state index in [2.05, 4.69) is 5.32 Å². The molecule has 0 spiro atoms. The highest BCUT2D eigenvalue weighted by atomic mass is 35.5. The Morgan fingerprint density at radius 1 is 1.17 bits per heavy atom. The summed E-state index contributed by atoms with van der Waals surface area (Å²) in [4.78, 5) is 0. The largest absolute Gasteiger partial charge is 0.493 e. The summed E-state index contributed by atoms with van der Waals surface area (Å²) in [7, 11) is 1.61. The van der Waals surface area contributed by atoms with Crippen molar-refractivity contribution in [2.75, 3.05) is 13.7 Å². The van der Waals surface area contributed by atoms with Crippen LogP contribution >= 0.6 is 23.2 Å². The van der Waals surface area contributed by atoms with E-state index in [1.54, 1.807) is 26.2 Å². The quantitative estimate of drug-likeness (QED) is 0.736. The molecule has 0 radical (unpaired) electrons. The molecule has 2 aromatic carbocycles. The van der Waals surface area contributed by atoms with Gasteiger partial charge in [0.15, 0.2) is 11.5 Å². The molecule has 2 aromatic rings. The zero-order valence-corrected chi connectivity index (χ0v) is 15.2. The van der Waals surface area contributed by atoms with Crippen LogP contribution < -0.4 is 14.8 Å². The minimum atomic E-state index is -0.406. The van der Waals surface area contributed by atoms with Gasteiger partial charge < -0.3 is 19.9 Å². The van der Waals surface area contributed by atoms with Crippen LogP contribution in [0, 0.1) is 0 Å². The lowest BCUT2D eigenvalue weighted by Gasteiger charge is -2.16. The molecule has 1 atom stereocenters. The number of hydrogen-bond donors (Lipinski definition) is 2. The highest BCUT2D eigenvalue weighted by Gasteiger charge is 2.11. The van der Waals surface area contributed by atoms with Crippen molar-refractivity contribution in [2.24, 2.45) is 0 Å². The number of nitrogens with one attached hydrogen (secondary N) is 1. The molecule has 0 bridgehead atoms. The lowest BCUT2D eigenvalue weighted by Crippen LogP contribution is -2.24. The van der Waals surface area contributed by atoms with Crippen molar-refractivity contribution in [1.82, 2.24) is 5.32 Å². The molecule has 0 unspecified atom stereocenters. The van der Waals surface area contributed by atoms with Crippen molar-refractivity contribution in [2.45, 2.75) is 26.2 Å². The number of hydrogen-bond acceptors (Lipinski definition) is 4. The van der Waals surface area contributed by atoms with Gasteiger partial charge in [0, 0.05) is 18.7 Å². The maximum Gasteiger partial charge on any atom is 0.166 e. The molecule has 0 saturated heterocycles. The third kappa shape index (κ3) is 5.28. The number of rotatable bonds is 8. The smallest absolute Gasteiger partial charge is 0.166 e. The topological polar surface area (TPSA) is 50.7 Å². The van der Waals surface area contributed by atoms with Crippen LogP contribution in [0.5, 0.6) is 11.5 Å². The number of ether oxygens (including phenoxy) is 2. The lowest BCUT2D eigenvalue weighted by molar-refractivity contribution is 0.190. The second-order valence-electron chi connectivity index (χ2n) is 5.47. The van der Waals surface area contributed by atoms with E-state index in [-0.39, 0.29) is 0 Å². The first kappa shape index (κ1) is 18.9. The van der Waals surface area contributed by atoms with Crippen molar-refractivity contribution < 1.29 is 14.6 Å². The standard InChI is InChI=1S/C18H21Cl2NO3/c1-12(22)9-21-10-14-4-3-5-17(23-2)18(14)24-11-13-6-7-15(19)16(20)8-13/h3-8,12,21-22H,9-11H2,1-2H3/t12-/m1/s1. The zero-order chi connectivity index (χ0) is 17.5. The summed E-state index contributed by atoms with van der Waals surface area (Å²) in [6.45, 7) is 3.16. The Bertz CT molecular complexity index is 677. The van der Waals surface area contributed by atoms with Gasteiger partial charge in [-0.1, -0.05) is 41.4 Å². The number of para-hydroxylation sites is 1. The number of halogens is 2. The van der Waals surface area contributed by atoms with Crippen LogP contribution in [0.3, 0.4) is 0 Å². The Balaban J connectivity index is 2.12. The molecule has 6 heteroatoms. The first-order valence-electron chi connectivity index (χ1n) is 7.62. The molecule has 0 aromatic heterocycles. The first-order valence-corrected chi connectivity index (χ1v) is 8.38. The van der Waals surface area contributed by atoms with Gasteiger partial charge in [-0.2, -0.15) is 0 Å². The molecule has 0 aliphatic rings. The zero-order valence-electron chi connectivity index (χ0n) is 13.7. The van der Waals surface area contributed by atoms with Crippen molar-refractivity contribution in [3.8, 4) is 11.5 Å². The predicted octanol–water partition coefficient (Wildman–Crippen LogP) is 4.05. The minimum absolute atomic E-state index is 0.348. The van der Waals surface area contributed by atoms with Gasteiger partial charge in [-0.25, -0.2) is 0 Å². The first-order chi connectivity index (χ1) is 11.5. The maximum absolute atomic E-state index is 9.36. The Hall–Kier alpha value is -1.46. The number of benzene rings is 2. The van der Waals surface area contributed by atoms with E-state index in [4.69, 9.17) is 32.7 Å². The van der Waals surface area contributed by atoms with Crippen LogP contribution in [0.4, 0.5) is 0 Å². The predicted molar refractivity (Wildman–Crippen MR) is 97.2 cm³/mol. The van der Waals surface area contributed by atoms with E-state index < -0.39 is 6.10 Å². The summed E-state index contributed by atoms with van der Waals surface area (Å²) in [6, 6.07) is 11.1. The van der Waals surface area contributed by atoms with E-state index >= 15 is 0 Å². The molecule has 0 aliphatic heterocycles. The number of methoxy groups -OCH3 is 1. The summed E-state index contributed by atoms with van der Waals surface area (Å²) in [5, 5.41) is 13.6. The number of aliphatic hydroxyl groups is 1. The molecule has 24 heavy (non-hydrogen) atoms. The lowest BCUT2D eigenvalue weighted by atomic mass is 10.1. The SMILES string of the molecule is COc1cccc(CNC[C@@H](C)O)c1OCc1ccc(Cl)c(Cl)c1. The highest BCUT2D eigenvalue weighted by molar-refractivity contribution is 6.42. The maximum atomic E-state index is 9.36. The molecule has 0 fully saturated rings. The summed E-state index contributed by atoms with van der Waals surface area (Å²) in [6.07, 6.45) is -0.406. The third-order valence-corrected chi connectivity index (χ3v) is 4.14. The second kappa shape index (κ2) is 9.14. The van der Waals surface area contributed by atoms with E-state index in [1.165, 1.54) is 0 Å². The summed E-state index contributed by atoms with van der Waals surface area (Å²) in [5.41, 5.74) is 1.87. The van der Waals surface area contributed by atoms with Crippen molar-refractivity contribution in [3.05, 3.63) is 57.6 Å². The number of aliphatic hydroxyl groups excluding tert-OH is 1. The van der Waals surface area contributed by atoms with E-state index in [1.807, 2.05) is 24.3 Å². The van der Waals surface area contributed by atoms with Crippen molar-refractivity contribution in [1.29, 1.82) is 0 Å². The van der Waals surface area contributed by atoms with Crippen LogP contribution in [0.25, 0.3) is 0 Å². The van der Waals surface area contributed by atoms with Gasteiger partial charge in [-0.05, 0) is 30.7 Å². The molecular formula is C18H21Cl2NO3. The normalized spacial score (nSPS) is 12.0. The molecular weight excluding hydrogens is 349 g/mol. The molecule has 0 saturated carbocycles. The Kier molecular flexibility index (Phi) is 7.18. The fourth-order valence-corrected chi connectivity index (χ4v) is 2.55. The Morgan fingerprint density at radius 3 is 2.62 bits per heavy atom. The average molecular weight is 370 g/mol. The summed E-state index contributed by atoms with van der Waals surface area (Å²) < 4.78 is 11.4. The monoisotopic (exact) mass is 369 g/mol. The van der Waals surface area contributed by atoms with Gasteiger partial charge in [0.1, 0.15) is 6.61 Å². The molecule has 2 rings (SSSR count). The molecule has 2 N–H and O–H groups in total. The Morgan fingerprint density at radius 2 is 1.96 bits per heavy atom. The molecule has 0 heterocycles. The van der Waals surface area contributed by atoms with Gasteiger partial charge in [0.2, 0.25) is 0 Å². The summed E-state index contributed by atoms with van der Waals surface area (Å²) in [5.74, 6) is 1.33. The fourth-order valence-electron chi connectivity index (χ4n) is 2.23. The molecule has 0 amide bonds. The van der Waals surface area contributed by atoms with E-state index in [0.29, 0.717) is 41.2 Å². The van der Waals surface area contributed by atoms with Gasteiger partial charge in [-0.15, -0.1) is 0 Å². The van der Waals surface area contributed by atoms with Crippen LogP contribution in [0.1, 0.15) is 18.1 Å². The van der Waals surface area contributed by atoms with Crippen LogP contribution in [-0.4, -0.2) is 24.9 Å². The molecule has 4 nitrogen and oxygen atoms in total. The van der Waals surface area contributed by atoms with E-state index in [0.717, 1.165) is 11.1 Å². The van der Waals surface area contributed by atoms with Crippen molar-refractivity contribution >= 4 is 23.2 Å². The van der Waals surface area contributed by atoms with Crippen LogP contribution in [-0.2, 0) is 13.2 Å². The van der Waals surface area contributed by atoms with Gasteiger partial charge >= 0.3 is 0 Å². The second-order valence-corrected chi connectivity index (χ2v) is 6.28. The van der Waals surface area contributed by atoms with Gasteiger partial charge in [-0.3, -0.25) is 0 Å². The van der Waals surface area contributed by atoms with E-state index in [9.17, 15) is 5.11 Å². The fraction of sp³-hybridized carbons (Fsp3) is 0.333. The third-order valence-electron chi connectivity index (χ3n) is 3.40. The minimum Gasteiger partial charge on any atom is -0.493 e. The van der Waals surface area contributed by atoms with Gasteiger partial charge in [0.05, 0.1) is 23.3 Å². The average Bonchev–Trinajstić information content (AvgIpc) is 2.56. The van der Waals surface area contributed by atoms with Crippen LogP contribution in [0.15, 0.2) is 36.4 Å². The highest BCUT2D eigenvalue weighted by Crippen LogP contribution is 2.32. The van der Waals surface area contributed by atoms with Gasteiger partial charge in [0.25, 0.3) is 0 Å². The van der Waals surface area contributed by atoms with Crippen molar-refractivity contribution in [3.63, 3.8) is 0 Å². The Labute approximate surface area is 152 Å².